The number of hydrogen-bond donors (Lipinski definition) is 1. The molecule has 29 heavy (non-hydrogen) atoms. The van der Waals surface area contributed by atoms with Gasteiger partial charge in [0, 0.05) is 32.0 Å². The number of nitrogens with one attached hydrogen (secondary N) is 1. The van der Waals surface area contributed by atoms with E-state index in [1.165, 1.54) is 23.1 Å². The highest BCUT2D eigenvalue weighted by Gasteiger charge is 2.12. The molecule has 0 saturated heterocycles. The maximum absolute atomic E-state index is 12.2. The molecule has 0 heterocycles. The van der Waals surface area contributed by atoms with E-state index in [-0.39, 0.29) is 31.2 Å². The molecule has 2 aromatic carbocycles. The minimum atomic E-state index is -3.65. The summed E-state index contributed by atoms with van der Waals surface area (Å²) in [4.78, 5) is 13.6. The van der Waals surface area contributed by atoms with Gasteiger partial charge in [0.05, 0.1) is 0 Å². The fourth-order valence-corrected chi connectivity index (χ4v) is 3.23. The van der Waals surface area contributed by atoms with Gasteiger partial charge in [0.2, 0.25) is 15.9 Å². The van der Waals surface area contributed by atoms with Crippen LogP contribution in [0.2, 0.25) is 0 Å². The maximum Gasteiger partial charge on any atom is 0.387 e. The van der Waals surface area contributed by atoms with Gasteiger partial charge in [-0.15, -0.1) is 0 Å². The monoisotopic (exact) mass is 424 g/mol. The lowest BCUT2D eigenvalue weighted by Gasteiger charge is -2.17. The van der Waals surface area contributed by atoms with Gasteiger partial charge in [-0.3, -0.25) is 4.79 Å². The maximum atomic E-state index is 12.2. The Morgan fingerprint density at radius 2 is 1.79 bits per heavy atom. The van der Waals surface area contributed by atoms with Crippen LogP contribution in [0.25, 0.3) is 6.08 Å². The molecule has 0 aliphatic carbocycles. The second-order valence-electron chi connectivity index (χ2n) is 6.18. The molecule has 1 amide bonds. The summed E-state index contributed by atoms with van der Waals surface area (Å²) >= 11 is 0. The van der Waals surface area contributed by atoms with Gasteiger partial charge in [-0.25, -0.2) is 13.1 Å². The molecule has 0 radical (unpaired) electrons. The SMILES string of the molecule is CN(Cc1ccc(OC(F)F)cc1)C(=O)CCNS(=O)(=O)/C=C/c1ccccc1. The molecule has 0 fully saturated rings. The lowest BCUT2D eigenvalue weighted by Crippen LogP contribution is -2.31. The second kappa shape index (κ2) is 10.7. The minimum Gasteiger partial charge on any atom is -0.435 e. The first-order valence-electron chi connectivity index (χ1n) is 8.76. The number of rotatable bonds is 10. The average Bonchev–Trinajstić information content (AvgIpc) is 2.68. The number of benzene rings is 2. The molecule has 2 aromatic rings. The van der Waals surface area contributed by atoms with Gasteiger partial charge in [0.1, 0.15) is 5.75 Å². The fraction of sp³-hybridized carbons (Fsp3) is 0.250. The van der Waals surface area contributed by atoms with Gasteiger partial charge < -0.3 is 9.64 Å². The summed E-state index contributed by atoms with van der Waals surface area (Å²) in [7, 11) is -2.07. The molecule has 0 aliphatic heterocycles. The van der Waals surface area contributed by atoms with Crippen LogP contribution in [-0.4, -0.2) is 39.4 Å². The Balaban J connectivity index is 1.78. The van der Waals surface area contributed by atoms with E-state index in [2.05, 4.69) is 9.46 Å². The Morgan fingerprint density at radius 1 is 1.14 bits per heavy atom. The summed E-state index contributed by atoms with van der Waals surface area (Å²) in [6, 6.07) is 14.9. The Kier molecular flexibility index (Phi) is 8.29. The summed E-state index contributed by atoms with van der Waals surface area (Å²) in [6.07, 6.45) is 1.46. The van der Waals surface area contributed by atoms with Crippen molar-refractivity contribution in [3.05, 3.63) is 71.1 Å². The largest absolute Gasteiger partial charge is 0.435 e. The zero-order valence-electron chi connectivity index (χ0n) is 15.8. The molecule has 9 heteroatoms. The van der Waals surface area contributed by atoms with Crippen molar-refractivity contribution in [2.45, 2.75) is 19.6 Å². The molecular formula is C20H22F2N2O4S. The zero-order valence-corrected chi connectivity index (χ0v) is 16.6. The lowest BCUT2D eigenvalue weighted by molar-refractivity contribution is -0.130. The predicted molar refractivity (Wildman–Crippen MR) is 107 cm³/mol. The van der Waals surface area contributed by atoms with Crippen LogP contribution in [0.3, 0.4) is 0 Å². The molecule has 6 nitrogen and oxygen atoms in total. The van der Waals surface area contributed by atoms with Crippen LogP contribution >= 0.6 is 0 Å². The van der Waals surface area contributed by atoms with Crippen molar-refractivity contribution in [2.75, 3.05) is 13.6 Å². The number of carbonyl (C=O) groups excluding carboxylic acids is 1. The number of ether oxygens (including phenoxy) is 1. The van der Waals surface area contributed by atoms with Crippen LogP contribution in [0.1, 0.15) is 17.5 Å². The minimum absolute atomic E-state index is 0.0124. The highest BCUT2D eigenvalue weighted by atomic mass is 32.2. The van der Waals surface area contributed by atoms with Crippen molar-refractivity contribution < 1.29 is 26.7 Å². The first-order chi connectivity index (χ1) is 13.7. The van der Waals surface area contributed by atoms with E-state index in [1.807, 2.05) is 6.07 Å². The molecular weight excluding hydrogens is 402 g/mol. The van der Waals surface area contributed by atoms with Gasteiger partial charge >= 0.3 is 6.61 Å². The first kappa shape index (κ1) is 22.5. The normalized spacial score (nSPS) is 11.7. The zero-order chi connectivity index (χ0) is 21.3. The van der Waals surface area contributed by atoms with Crippen LogP contribution in [0.15, 0.2) is 60.0 Å². The standard InChI is InChI=1S/C20H22F2N2O4S/c1-24(15-17-7-9-18(10-8-17)28-20(21)22)19(25)11-13-23-29(26,27)14-12-16-5-3-2-4-6-16/h2-10,12,14,20,23H,11,13,15H2,1H3/b14-12+. The third-order valence-electron chi connectivity index (χ3n) is 3.88. The third kappa shape index (κ3) is 8.41. The molecule has 0 spiro atoms. The highest BCUT2D eigenvalue weighted by molar-refractivity contribution is 7.92. The molecule has 156 valence electrons. The van der Waals surface area contributed by atoms with Crippen molar-refractivity contribution >= 4 is 22.0 Å². The molecule has 2 rings (SSSR count). The number of nitrogens with zero attached hydrogens (tertiary/aromatic N) is 1. The number of sulfonamides is 1. The molecule has 0 saturated carbocycles. The van der Waals surface area contributed by atoms with Gasteiger partial charge in [0.15, 0.2) is 0 Å². The van der Waals surface area contributed by atoms with E-state index in [1.54, 1.807) is 43.4 Å². The Hall–Kier alpha value is -2.78. The van der Waals surface area contributed by atoms with Crippen LogP contribution in [0, 0.1) is 0 Å². The Labute approximate surface area is 168 Å². The van der Waals surface area contributed by atoms with Gasteiger partial charge in [0.25, 0.3) is 0 Å². The van der Waals surface area contributed by atoms with Crippen molar-refractivity contribution in [1.29, 1.82) is 0 Å². The molecule has 0 bridgehead atoms. The Bertz CT molecular complexity index is 917. The fourth-order valence-electron chi connectivity index (χ4n) is 2.41. The van der Waals surface area contributed by atoms with Gasteiger partial charge in [-0.1, -0.05) is 42.5 Å². The van der Waals surface area contributed by atoms with E-state index < -0.39 is 16.6 Å². The number of amides is 1. The molecule has 0 aromatic heterocycles. The van der Waals surface area contributed by atoms with E-state index in [0.29, 0.717) is 0 Å². The lowest BCUT2D eigenvalue weighted by atomic mass is 10.2. The van der Waals surface area contributed by atoms with Crippen LogP contribution < -0.4 is 9.46 Å². The molecule has 0 aliphatic rings. The third-order valence-corrected chi connectivity index (χ3v) is 4.98. The number of carbonyl (C=O) groups is 1. The quantitative estimate of drug-likeness (QED) is 0.636. The first-order valence-corrected chi connectivity index (χ1v) is 10.3. The van der Waals surface area contributed by atoms with Gasteiger partial charge in [-0.2, -0.15) is 8.78 Å². The van der Waals surface area contributed by atoms with Crippen LogP contribution in [-0.2, 0) is 21.4 Å². The van der Waals surface area contributed by atoms with Crippen LogP contribution in [0.4, 0.5) is 8.78 Å². The van der Waals surface area contributed by atoms with E-state index >= 15 is 0 Å². The topological polar surface area (TPSA) is 75.7 Å². The van der Waals surface area contributed by atoms with Crippen molar-refractivity contribution in [3.63, 3.8) is 0 Å². The van der Waals surface area contributed by atoms with E-state index in [0.717, 1.165) is 16.5 Å². The number of alkyl halides is 2. The predicted octanol–water partition coefficient (Wildman–Crippen LogP) is 3.23. The summed E-state index contributed by atoms with van der Waals surface area (Å²) in [5, 5.41) is 1.06. The smallest absolute Gasteiger partial charge is 0.387 e. The van der Waals surface area contributed by atoms with Crippen LogP contribution in [0.5, 0.6) is 5.75 Å². The summed E-state index contributed by atoms with van der Waals surface area (Å²) < 4.78 is 54.9. The van der Waals surface area contributed by atoms with Crippen molar-refractivity contribution in [2.24, 2.45) is 0 Å². The average molecular weight is 424 g/mol. The summed E-state index contributed by atoms with van der Waals surface area (Å²) in [5.41, 5.74) is 1.48. The summed E-state index contributed by atoms with van der Waals surface area (Å²) in [6.45, 7) is -2.67. The second-order valence-corrected chi connectivity index (χ2v) is 7.83. The highest BCUT2D eigenvalue weighted by Crippen LogP contribution is 2.16. The molecule has 0 atom stereocenters. The molecule has 1 N–H and O–H groups in total. The van der Waals surface area contributed by atoms with Gasteiger partial charge in [-0.05, 0) is 29.3 Å². The molecule has 0 unspecified atom stereocenters. The summed E-state index contributed by atoms with van der Waals surface area (Å²) in [5.74, 6) is -0.219. The number of hydrogen-bond acceptors (Lipinski definition) is 4. The van der Waals surface area contributed by atoms with E-state index in [4.69, 9.17) is 0 Å². The number of halogens is 2. The van der Waals surface area contributed by atoms with E-state index in [9.17, 15) is 22.0 Å². The van der Waals surface area contributed by atoms with Crippen molar-refractivity contribution in [3.8, 4) is 5.75 Å². The van der Waals surface area contributed by atoms with Crippen molar-refractivity contribution in [1.82, 2.24) is 9.62 Å². The Morgan fingerprint density at radius 3 is 2.41 bits per heavy atom.